The van der Waals surface area contributed by atoms with Crippen LogP contribution in [0.25, 0.3) is 6.08 Å². The molecule has 0 saturated heterocycles. The van der Waals surface area contributed by atoms with E-state index >= 15 is 0 Å². The Morgan fingerprint density at radius 1 is 0.833 bits per heavy atom. The summed E-state index contributed by atoms with van der Waals surface area (Å²) in [6.07, 6.45) is 1.59. The lowest BCUT2D eigenvalue weighted by Crippen LogP contribution is -2.30. The molecular formula is C33H30BrN3O4S. The van der Waals surface area contributed by atoms with Gasteiger partial charge in [-0.3, -0.25) is 14.4 Å². The smallest absolute Gasteiger partial charge is 0.272 e. The Balaban J connectivity index is 1.46. The van der Waals surface area contributed by atoms with Gasteiger partial charge in [0.25, 0.3) is 11.8 Å². The molecule has 9 heteroatoms. The number of hydrogen-bond donors (Lipinski definition) is 3. The van der Waals surface area contributed by atoms with Gasteiger partial charge in [0, 0.05) is 31.9 Å². The summed E-state index contributed by atoms with van der Waals surface area (Å²) < 4.78 is 6.64. The maximum absolute atomic E-state index is 13.4. The average Bonchev–Trinajstić information content (AvgIpc) is 3.00. The Morgan fingerprint density at radius 2 is 1.45 bits per heavy atom. The van der Waals surface area contributed by atoms with E-state index in [1.165, 1.54) is 11.8 Å². The van der Waals surface area contributed by atoms with E-state index in [2.05, 4.69) is 31.9 Å². The predicted octanol–water partition coefficient (Wildman–Crippen LogP) is 7.38. The van der Waals surface area contributed by atoms with Gasteiger partial charge in [-0.25, -0.2) is 0 Å². The van der Waals surface area contributed by atoms with Crippen LogP contribution in [0.3, 0.4) is 0 Å². The number of benzene rings is 4. The maximum atomic E-state index is 13.4. The molecule has 4 aromatic rings. The van der Waals surface area contributed by atoms with Crippen LogP contribution in [-0.2, 0) is 9.59 Å². The third-order valence-corrected chi connectivity index (χ3v) is 7.59. The Kier molecular flexibility index (Phi) is 11.0. The summed E-state index contributed by atoms with van der Waals surface area (Å²) in [5.74, 6) is -0.420. The van der Waals surface area contributed by atoms with Crippen molar-refractivity contribution in [2.45, 2.75) is 24.0 Å². The third kappa shape index (κ3) is 8.83. The molecular weight excluding hydrogens is 614 g/mol. The molecule has 4 aromatic carbocycles. The van der Waals surface area contributed by atoms with Crippen LogP contribution >= 0.6 is 27.7 Å². The van der Waals surface area contributed by atoms with Gasteiger partial charge in [0.15, 0.2) is 0 Å². The molecule has 1 unspecified atom stereocenters. The highest BCUT2D eigenvalue weighted by Gasteiger charge is 2.17. The van der Waals surface area contributed by atoms with E-state index in [1.807, 2.05) is 74.5 Å². The normalized spacial score (nSPS) is 11.7. The zero-order chi connectivity index (χ0) is 29.9. The standard InChI is InChI=1S/C33H30BrN3O4S/c1-3-41-30-12-8-7-11-24(30)21-29(37-32(39)23-9-5-4-6-10-23)33(40)36-27-17-19-28(20-18-27)42-22(2)31(38)35-26-15-13-25(34)14-16-26/h4-22H,3H2,1-2H3,(H,35,38)(H,36,40)(H,37,39)/b29-21-. The van der Waals surface area contributed by atoms with Gasteiger partial charge in [0.2, 0.25) is 5.91 Å². The number of para-hydroxylation sites is 1. The molecule has 4 rings (SSSR count). The van der Waals surface area contributed by atoms with Gasteiger partial charge in [-0.2, -0.15) is 0 Å². The van der Waals surface area contributed by atoms with Gasteiger partial charge in [-0.1, -0.05) is 52.3 Å². The first kappa shape index (κ1) is 30.6. The van der Waals surface area contributed by atoms with Crippen molar-refractivity contribution >= 4 is 62.9 Å². The second-order valence-electron chi connectivity index (χ2n) is 9.08. The third-order valence-electron chi connectivity index (χ3n) is 5.95. The van der Waals surface area contributed by atoms with Crippen LogP contribution in [0.15, 0.2) is 118 Å². The molecule has 0 aliphatic heterocycles. The van der Waals surface area contributed by atoms with E-state index in [1.54, 1.807) is 48.5 Å². The first-order valence-electron chi connectivity index (χ1n) is 13.3. The fourth-order valence-electron chi connectivity index (χ4n) is 3.83. The summed E-state index contributed by atoms with van der Waals surface area (Å²) in [4.78, 5) is 39.9. The SMILES string of the molecule is CCOc1ccccc1/C=C(\NC(=O)c1ccccc1)C(=O)Nc1ccc(SC(C)C(=O)Nc2ccc(Br)cc2)cc1. The minimum atomic E-state index is -0.492. The average molecular weight is 645 g/mol. The number of carbonyl (C=O) groups excluding carboxylic acids is 3. The van der Waals surface area contributed by atoms with Gasteiger partial charge in [-0.05, 0) is 86.7 Å². The number of amides is 3. The van der Waals surface area contributed by atoms with E-state index in [0.717, 1.165) is 15.1 Å². The lowest BCUT2D eigenvalue weighted by atomic mass is 10.1. The molecule has 7 nitrogen and oxygen atoms in total. The van der Waals surface area contributed by atoms with Gasteiger partial charge in [-0.15, -0.1) is 11.8 Å². The van der Waals surface area contributed by atoms with Crippen molar-refractivity contribution in [2.24, 2.45) is 0 Å². The Bertz CT molecular complexity index is 1560. The van der Waals surface area contributed by atoms with Gasteiger partial charge >= 0.3 is 0 Å². The number of carbonyl (C=O) groups is 3. The van der Waals surface area contributed by atoms with E-state index in [4.69, 9.17) is 4.74 Å². The highest BCUT2D eigenvalue weighted by Crippen LogP contribution is 2.26. The molecule has 0 spiro atoms. The highest BCUT2D eigenvalue weighted by molar-refractivity contribution is 9.10. The molecule has 0 saturated carbocycles. The fourth-order valence-corrected chi connectivity index (χ4v) is 4.97. The maximum Gasteiger partial charge on any atom is 0.272 e. The molecule has 0 aliphatic carbocycles. The van der Waals surface area contributed by atoms with Gasteiger partial charge in [0.1, 0.15) is 11.4 Å². The number of thioether (sulfide) groups is 1. The Labute approximate surface area is 257 Å². The number of ether oxygens (including phenoxy) is 1. The molecule has 0 aromatic heterocycles. The van der Waals surface area contributed by atoms with Crippen LogP contribution in [0, 0.1) is 0 Å². The lowest BCUT2D eigenvalue weighted by Gasteiger charge is -2.14. The molecule has 0 bridgehead atoms. The second kappa shape index (κ2) is 15.0. The van der Waals surface area contributed by atoms with E-state index in [0.29, 0.717) is 29.2 Å². The summed E-state index contributed by atoms with van der Waals surface area (Å²) in [5, 5.41) is 8.17. The first-order chi connectivity index (χ1) is 20.3. The molecule has 1 atom stereocenters. The van der Waals surface area contributed by atoms with E-state index in [-0.39, 0.29) is 16.9 Å². The summed E-state index contributed by atoms with van der Waals surface area (Å²) >= 11 is 4.79. The molecule has 0 heterocycles. The van der Waals surface area contributed by atoms with Crippen LogP contribution < -0.4 is 20.7 Å². The number of halogens is 1. The van der Waals surface area contributed by atoms with Crippen LogP contribution in [0.1, 0.15) is 29.8 Å². The molecule has 0 aliphatic rings. The molecule has 214 valence electrons. The van der Waals surface area contributed by atoms with Crippen molar-refractivity contribution in [3.05, 3.63) is 124 Å². The summed E-state index contributed by atoms with van der Waals surface area (Å²) in [6.45, 7) is 4.17. The molecule has 42 heavy (non-hydrogen) atoms. The quantitative estimate of drug-likeness (QED) is 0.117. The molecule has 0 fully saturated rings. The number of hydrogen-bond acceptors (Lipinski definition) is 5. The topological polar surface area (TPSA) is 96.5 Å². The predicted molar refractivity (Wildman–Crippen MR) is 173 cm³/mol. The van der Waals surface area contributed by atoms with E-state index in [9.17, 15) is 14.4 Å². The lowest BCUT2D eigenvalue weighted by molar-refractivity contribution is -0.115. The minimum absolute atomic E-state index is 0.0627. The number of anilines is 2. The first-order valence-corrected chi connectivity index (χ1v) is 14.9. The van der Waals surface area contributed by atoms with Crippen LogP contribution in [0.4, 0.5) is 11.4 Å². The zero-order valence-electron chi connectivity index (χ0n) is 23.1. The highest BCUT2D eigenvalue weighted by atomic mass is 79.9. The molecule has 0 radical (unpaired) electrons. The number of nitrogens with one attached hydrogen (secondary N) is 3. The Hall–Kier alpha value is -4.34. The minimum Gasteiger partial charge on any atom is -0.493 e. The monoisotopic (exact) mass is 643 g/mol. The van der Waals surface area contributed by atoms with Crippen LogP contribution in [0.5, 0.6) is 5.75 Å². The molecule has 3 amide bonds. The number of rotatable bonds is 11. The van der Waals surface area contributed by atoms with Gasteiger partial charge < -0.3 is 20.7 Å². The largest absolute Gasteiger partial charge is 0.493 e. The molecule has 3 N–H and O–H groups in total. The van der Waals surface area contributed by atoms with Crippen molar-refractivity contribution in [3.63, 3.8) is 0 Å². The van der Waals surface area contributed by atoms with Crippen molar-refractivity contribution in [1.29, 1.82) is 0 Å². The van der Waals surface area contributed by atoms with Crippen LogP contribution in [-0.4, -0.2) is 29.6 Å². The van der Waals surface area contributed by atoms with Crippen molar-refractivity contribution in [2.75, 3.05) is 17.2 Å². The van der Waals surface area contributed by atoms with Crippen molar-refractivity contribution in [1.82, 2.24) is 5.32 Å². The van der Waals surface area contributed by atoms with Crippen molar-refractivity contribution in [3.8, 4) is 5.75 Å². The fraction of sp³-hybridized carbons (Fsp3) is 0.121. The van der Waals surface area contributed by atoms with Crippen molar-refractivity contribution < 1.29 is 19.1 Å². The van der Waals surface area contributed by atoms with Crippen LogP contribution in [0.2, 0.25) is 0 Å². The second-order valence-corrected chi connectivity index (χ2v) is 11.4. The van der Waals surface area contributed by atoms with Gasteiger partial charge in [0.05, 0.1) is 11.9 Å². The summed E-state index contributed by atoms with van der Waals surface area (Å²) in [7, 11) is 0. The Morgan fingerprint density at radius 3 is 2.14 bits per heavy atom. The summed E-state index contributed by atoms with van der Waals surface area (Å²) in [6, 6.07) is 30.5. The zero-order valence-corrected chi connectivity index (χ0v) is 25.5. The van der Waals surface area contributed by atoms with E-state index < -0.39 is 11.8 Å². The summed E-state index contributed by atoms with van der Waals surface area (Å²) in [5.41, 5.74) is 2.40.